The van der Waals surface area contributed by atoms with Crippen LogP contribution in [-0.4, -0.2) is 44.0 Å². The van der Waals surface area contributed by atoms with Gasteiger partial charge in [0, 0.05) is 13.1 Å². The van der Waals surface area contributed by atoms with Gasteiger partial charge in [0.2, 0.25) is 5.91 Å². The van der Waals surface area contributed by atoms with E-state index < -0.39 is 6.04 Å². The fraction of sp³-hybridized carbons (Fsp3) is 0.263. The molecule has 6 heteroatoms. The van der Waals surface area contributed by atoms with E-state index in [9.17, 15) is 9.59 Å². The van der Waals surface area contributed by atoms with E-state index in [1.54, 1.807) is 60.5 Å². The largest absolute Gasteiger partial charge is 0.497 e. The molecule has 130 valence electrons. The van der Waals surface area contributed by atoms with E-state index in [-0.39, 0.29) is 11.8 Å². The predicted molar refractivity (Wildman–Crippen MR) is 92.8 cm³/mol. The monoisotopic (exact) mass is 340 g/mol. The Bertz CT molecular complexity index is 773. The van der Waals surface area contributed by atoms with Gasteiger partial charge in [-0.25, -0.2) is 0 Å². The molecular formula is C19H20N2O4. The molecule has 1 saturated heterocycles. The van der Waals surface area contributed by atoms with Crippen LogP contribution in [0.5, 0.6) is 11.5 Å². The molecule has 25 heavy (non-hydrogen) atoms. The summed E-state index contributed by atoms with van der Waals surface area (Å²) in [5, 5.41) is 2.83. The molecule has 1 aliphatic rings. The van der Waals surface area contributed by atoms with Crippen molar-refractivity contribution in [3.63, 3.8) is 0 Å². The van der Waals surface area contributed by atoms with Gasteiger partial charge in [0.1, 0.15) is 17.5 Å². The first-order valence-electron chi connectivity index (χ1n) is 8.01. The number of carbonyl (C=O) groups excluding carboxylic acids is 2. The van der Waals surface area contributed by atoms with Crippen LogP contribution in [0.2, 0.25) is 0 Å². The molecule has 2 aromatic rings. The van der Waals surface area contributed by atoms with Crippen molar-refractivity contribution in [3.05, 3.63) is 59.7 Å². The quantitative estimate of drug-likeness (QED) is 0.925. The molecule has 1 fully saturated rings. The van der Waals surface area contributed by atoms with Gasteiger partial charge >= 0.3 is 0 Å². The highest BCUT2D eigenvalue weighted by atomic mass is 16.5. The second kappa shape index (κ2) is 7.25. The second-order valence-electron chi connectivity index (χ2n) is 5.67. The minimum absolute atomic E-state index is 0.195. The van der Waals surface area contributed by atoms with E-state index in [1.165, 1.54) is 7.11 Å². The minimum Gasteiger partial charge on any atom is -0.497 e. The molecule has 0 radical (unpaired) electrons. The molecule has 0 aromatic heterocycles. The van der Waals surface area contributed by atoms with E-state index in [1.807, 2.05) is 0 Å². The van der Waals surface area contributed by atoms with Gasteiger partial charge in [-0.05, 0) is 29.8 Å². The number of benzene rings is 2. The molecule has 3 rings (SSSR count). The van der Waals surface area contributed by atoms with E-state index in [0.717, 1.165) is 5.56 Å². The lowest BCUT2D eigenvalue weighted by Crippen LogP contribution is -2.52. The lowest BCUT2D eigenvalue weighted by Gasteiger charge is -2.35. The van der Waals surface area contributed by atoms with Crippen LogP contribution >= 0.6 is 0 Å². The molecule has 6 nitrogen and oxygen atoms in total. The van der Waals surface area contributed by atoms with Gasteiger partial charge in [-0.1, -0.05) is 24.3 Å². The average Bonchev–Trinajstić information content (AvgIpc) is 2.67. The van der Waals surface area contributed by atoms with Crippen LogP contribution in [0.4, 0.5) is 0 Å². The van der Waals surface area contributed by atoms with Gasteiger partial charge in [-0.2, -0.15) is 0 Å². The van der Waals surface area contributed by atoms with Gasteiger partial charge < -0.3 is 19.7 Å². The number of piperazine rings is 1. The van der Waals surface area contributed by atoms with E-state index in [2.05, 4.69) is 5.32 Å². The molecule has 0 aliphatic carbocycles. The van der Waals surface area contributed by atoms with Gasteiger partial charge in [0.25, 0.3) is 5.91 Å². The highest BCUT2D eigenvalue weighted by Crippen LogP contribution is 2.29. The van der Waals surface area contributed by atoms with Crippen LogP contribution in [0.15, 0.2) is 48.5 Å². The zero-order valence-electron chi connectivity index (χ0n) is 14.2. The number of ether oxygens (including phenoxy) is 2. The summed E-state index contributed by atoms with van der Waals surface area (Å²) < 4.78 is 10.5. The zero-order valence-corrected chi connectivity index (χ0v) is 14.2. The fourth-order valence-corrected chi connectivity index (χ4v) is 2.98. The van der Waals surface area contributed by atoms with Gasteiger partial charge in [0.15, 0.2) is 0 Å². The van der Waals surface area contributed by atoms with Crippen molar-refractivity contribution in [1.82, 2.24) is 10.2 Å². The number of nitrogens with one attached hydrogen (secondary N) is 1. The number of hydrogen-bond acceptors (Lipinski definition) is 4. The molecule has 1 atom stereocenters. The maximum Gasteiger partial charge on any atom is 0.258 e. The highest BCUT2D eigenvalue weighted by Gasteiger charge is 2.35. The first kappa shape index (κ1) is 16.8. The molecule has 0 bridgehead atoms. The Morgan fingerprint density at radius 3 is 2.48 bits per heavy atom. The Balaban J connectivity index is 1.96. The number of para-hydroxylation sites is 1. The van der Waals surface area contributed by atoms with Crippen molar-refractivity contribution in [2.45, 2.75) is 6.04 Å². The Morgan fingerprint density at radius 1 is 1.08 bits per heavy atom. The topological polar surface area (TPSA) is 67.9 Å². The normalized spacial score (nSPS) is 17.0. The molecule has 1 N–H and O–H groups in total. The number of carbonyl (C=O) groups is 2. The third-order valence-corrected chi connectivity index (χ3v) is 4.24. The lowest BCUT2D eigenvalue weighted by atomic mass is 10.0. The van der Waals surface area contributed by atoms with Crippen LogP contribution in [-0.2, 0) is 4.79 Å². The number of methoxy groups -OCH3 is 2. The van der Waals surface area contributed by atoms with E-state index in [0.29, 0.717) is 30.2 Å². The maximum absolute atomic E-state index is 13.1. The summed E-state index contributed by atoms with van der Waals surface area (Å²) in [7, 11) is 3.11. The first-order valence-corrected chi connectivity index (χ1v) is 8.01. The van der Waals surface area contributed by atoms with Crippen LogP contribution < -0.4 is 14.8 Å². The fourth-order valence-electron chi connectivity index (χ4n) is 2.98. The zero-order chi connectivity index (χ0) is 17.8. The number of amides is 2. The lowest BCUT2D eigenvalue weighted by molar-refractivity contribution is -0.128. The SMILES string of the molecule is COc1ccc(C2C(=O)NCCN2C(=O)c2ccccc2OC)cc1. The van der Waals surface area contributed by atoms with Gasteiger partial charge in [-0.15, -0.1) is 0 Å². The summed E-state index contributed by atoms with van der Waals surface area (Å²) >= 11 is 0. The Labute approximate surface area is 146 Å². The Hall–Kier alpha value is -3.02. The molecule has 1 heterocycles. The predicted octanol–water partition coefficient (Wildman–Crippen LogP) is 2.02. The van der Waals surface area contributed by atoms with E-state index in [4.69, 9.17) is 9.47 Å². The molecule has 1 aliphatic heterocycles. The van der Waals surface area contributed by atoms with Crippen molar-refractivity contribution in [2.24, 2.45) is 0 Å². The summed E-state index contributed by atoms with van der Waals surface area (Å²) in [6, 6.07) is 13.5. The standard InChI is InChI=1S/C19H20N2O4/c1-24-14-9-7-13(8-10-14)17-18(22)20-11-12-21(17)19(23)15-5-3-4-6-16(15)25-2/h3-10,17H,11-12H2,1-2H3,(H,20,22). The Kier molecular flexibility index (Phi) is 4.88. The minimum atomic E-state index is -0.683. The first-order chi connectivity index (χ1) is 12.2. The van der Waals surface area contributed by atoms with Crippen molar-refractivity contribution in [3.8, 4) is 11.5 Å². The molecular weight excluding hydrogens is 320 g/mol. The molecule has 2 aromatic carbocycles. The van der Waals surface area contributed by atoms with Crippen LogP contribution in [0.3, 0.4) is 0 Å². The summed E-state index contributed by atoms with van der Waals surface area (Å²) in [6.45, 7) is 0.853. The number of hydrogen-bond donors (Lipinski definition) is 1. The number of nitrogens with zero attached hydrogens (tertiary/aromatic N) is 1. The van der Waals surface area contributed by atoms with E-state index >= 15 is 0 Å². The Morgan fingerprint density at radius 2 is 1.80 bits per heavy atom. The highest BCUT2D eigenvalue weighted by molar-refractivity contribution is 6.00. The summed E-state index contributed by atoms with van der Waals surface area (Å²) in [6.07, 6.45) is 0. The second-order valence-corrected chi connectivity index (χ2v) is 5.67. The van der Waals surface area contributed by atoms with Gasteiger partial charge in [0.05, 0.1) is 19.8 Å². The van der Waals surface area contributed by atoms with Crippen molar-refractivity contribution < 1.29 is 19.1 Å². The van der Waals surface area contributed by atoms with Crippen LogP contribution in [0.25, 0.3) is 0 Å². The maximum atomic E-state index is 13.1. The van der Waals surface area contributed by atoms with Gasteiger partial charge in [-0.3, -0.25) is 9.59 Å². The third kappa shape index (κ3) is 3.28. The third-order valence-electron chi connectivity index (χ3n) is 4.24. The van der Waals surface area contributed by atoms with Crippen LogP contribution in [0, 0.1) is 0 Å². The van der Waals surface area contributed by atoms with Crippen molar-refractivity contribution in [2.75, 3.05) is 27.3 Å². The summed E-state index contributed by atoms with van der Waals surface area (Å²) in [5.74, 6) is 0.766. The molecule has 0 saturated carbocycles. The molecule has 0 spiro atoms. The smallest absolute Gasteiger partial charge is 0.258 e. The summed E-state index contributed by atoms with van der Waals surface area (Å²) in [5.41, 5.74) is 1.18. The summed E-state index contributed by atoms with van der Waals surface area (Å²) in [4.78, 5) is 27.1. The van der Waals surface area contributed by atoms with Crippen molar-refractivity contribution in [1.29, 1.82) is 0 Å². The van der Waals surface area contributed by atoms with Crippen LogP contribution in [0.1, 0.15) is 22.0 Å². The molecule has 2 amide bonds. The average molecular weight is 340 g/mol. The van der Waals surface area contributed by atoms with Crippen molar-refractivity contribution >= 4 is 11.8 Å². The number of rotatable bonds is 4. The molecule has 1 unspecified atom stereocenters.